The topological polar surface area (TPSA) is 23.6 Å². The predicted molar refractivity (Wildman–Crippen MR) is 87.3 cm³/mol. The van der Waals surface area contributed by atoms with Crippen LogP contribution in [0.15, 0.2) is 30.3 Å². The van der Waals surface area contributed by atoms with Crippen LogP contribution < -0.4 is 0 Å². The summed E-state index contributed by atoms with van der Waals surface area (Å²) < 4.78 is 0. The standard InChI is InChI=1S/C18H28N2O/c1-4-10-18(2,15-21)14-20-12-11-19(3)13-17(20)16-8-6-5-7-9-16/h5-9,15,17H,4,10-14H2,1-3H3. The van der Waals surface area contributed by atoms with Crippen LogP contribution in [0.4, 0.5) is 0 Å². The fraction of sp³-hybridized carbons (Fsp3) is 0.611. The van der Waals surface area contributed by atoms with Gasteiger partial charge >= 0.3 is 0 Å². The first kappa shape index (κ1) is 16.2. The van der Waals surface area contributed by atoms with Crippen molar-refractivity contribution >= 4 is 6.29 Å². The lowest BCUT2D eigenvalue weighted by Gasteiger charge is -2.43. The van der Waals surface area contributed by atoms with Gasteiger partial charge in [0.05, 0.1) is 0 Å². The lowest BCUT2D eigenvalue weighted by molar-refractivity contribution is -0.117. The molecule has 1 heterocycles. The number of hydrogen-bond donors (Lipinski definition) is 0. The molecule has 0 aromatic heterocycles. The molecule has 116 valence electrons. The maximum absolute atomic E-state index is 11.6. The van der Waals surface area contributed by atoms with E-state index in [0.29, 0.717) is 6.04 Å². The Kier molecular flexibility index (Phi) is 5.54. The zero-order valence-corrected chi connectivity index (χ0v) is 13.6. The van der Waals surface area contributed by atoms with E-state index in [4.69, 9.17) is 0 Å². The molecular formula is C18H28N2O. The van der Waals surface area contributed by atoms with E-state index in [1.54, 1.807) is 0 Å². The predicted octanol–water partition coefficient (Wildman–Crippen LogP) is 2.98. The van der Waals surface area contributed by atoms with E-state index in [0.717, 1.165) is 45.3 Å². The van der Waals surface area contributed by atoms with Gasteiger partial charge in [-0.25, -0.2) is 0 Å². The molecule has 1 fully saturated rings. The summed E-state index contributed by atoms with van der Waals surface area (Å²) in [6.45, 7) is 8.25. The zero-order valence-electron chi connectivity index (χ0n) is 13.6. The summed E-state index contributed by atoms with van der Waals surface area (Å²) in [6.07, 6.45) is 3.18. The fourth-order valence-electron chi connectivity index (χ4n) is 3.35. The van der Waals surface area contributed by atoms with Crippen molar-refractivity contribution in [3.63, 3.8) is 0 Å². The molecule has 0 amide bonds. The second kappa shape index (κ2) is 7.19. The normalized spacial score (nSPS) is 23.7. The molecule has 0 spiro atoms. The van der Waals surface area contributed by atoms with Crippen molar-refractivity contribution in [1.29, 1.82) is 0 Å². The molecule has 3 heteroatoms. The highest BCUT2D eigenvalue weighted by Crippen LogP contribution is 2.30. The Morgan fingerprint density at radius 1 is 1.29 bits per heavy atom. The van der Waals surface area contributed by atoms with E-state index >= 15 is 0 Å². The third-order valence-corrected chi connectivity index (χ3v) is 4.55. The van der Waals surface area contributed by atoms with E-state index in [-0.39, 0.29) is 5.41 Å². The van der Waals surface area contributed by atoms with Crippen molar-refractivity contribution in [1.82, 2.24) is 9.80 Å². The minimum absolute atomic E-state index is 0.225. The number of nitrogens with zero attached hydrogens (tertiary/aromatic N) is 2. The average Bonchev–Trinajstić information content (AvgIpc) is 2.50. The Morgan fingerprint density at radius 3 is 2.62 bits per heavy atom. The third-order valence-electron chi connectivity index (χ3n) is 4.55. The summed E-state index contributed by atoms with van der Waals surface area (Å²) in [6, 6.07) is 11.1. The van der Waals surface area contributed by atoms with E-state index in [9.17, 15) is 4.79 Å². The van der Waals surface area contributed by atoms with Gasteiger partial charge in [0.25, 0.3) is 0 Å². The molecular weight excluding hydrogens is 260 g/mol. The molecule has 0 N–H and O–H groups in total. The molecule has 1 aliphatic heterocycles. The highest BCUT2D eigenvalue weighted by atomic mass is 16.1. The number of hydrogen-bond acceptors (Lipinski definition) is 3. The monoisotopic (exact) mass is 288 g/mol. The van der Waals surface area contributed by atoms with Gasteiger partial charge in [0.15, 0.2) is 0 Å². The summed E-state index contributed by atoms with van der Waals surface area (Å²) in [5.74, 6) is 0. The summed E-state index contributed by atoms with van der Waals surface area (Å²) in [5, 5.41) is 0. The van der Waals surface area contributed by atoms with Crippen LogP contribution in [-0.4, -0.2) is 49.3 Å². The van der Waals surface area contributed by atoms with Crippen LogP contribution in [0.5, 0.6) is 0 Å². The molecule has 1 saturated heterocycles. The van der Waals surface area contributed by atoms with Gasteiger partial charge in [-0.1, -0.05) is 50.6 Å². The van der Waals surface area contributed by atoms with E-state index < -0.39 is 0 Å². The Bertz CT molecular complexity index is 448. The quantitative estimate of drug-likeness (QED) is 0.752. The van der Waals surface area contributed by atoms with Gasteiger partial charge in [0.2, 0.25) is 0 Å². The number of piperazine rings is 1. The minimum atomic E-state index is -0.225. The molecule has 21 heavy (non-hydrogen) atoms. The van der Waals surface area contributed by atoms with Crippen LogP contribution >= 0.6 is 0 Å². The first-order chi connectivity index (χ1) is 10.1. The average molecular weight is 288 g/mol. The molecule has 3 nitrogen and oxygen atoms in total. The Hall–Kier alpha value is -1.19. The van der Waals surface area contributed by atoms with Crippen molar-refractivity contribution in [3.05, 3.63) is 35.9 Å². The third kappa shape index (κ3) is 4.14. The summed E-state index contributed by atoms with van der Waals surface area (Å²) >= 11 is 0. The van der Waals surface area contributed by atoms with Gasteiger partial charge in [-0.2, -0.15) is 0 Å². The molecule has 1 aromatic carbocycles. The number of carbonyl (C=O) groups excluding carboxylic acids is 1. The highest BCUT2D eigenvalue weighted by molar-refractivity contribution is 5.59. The van der Waals surface area contributed by atoms with Crippen molar-refractivity contribution in [3.8, 4) is 0 Å². The molecule has 2 rings (SSSR count). The van der Waals surface area contributed by atoms with Gasteiger partial charge in [-0.3, -0.25) is 4.90 Å². The number of rotatable bonds is 6. The maximum atomic E-state index is 11.6. The van der Waals surface area contributed by atoms with Crippen LogP contribution in [0.3, 0.4) is 0 Å². The number of carbonyl (C=O) groups is 1. The lowest BCUT2D eigenvalue weighted by Crippen LogP contribution is -2.50. The zero-order chi connectivity index (χ0) is 15.3. The van der Waals surface area contributed by atoms with Crippen LogP contribution in [0, 0.1) is 5.41 Å². The van der Waals surface area contributed by atoms with Crippen molar-refractivity contribution in [2.45, 2.75) is 32.7 Å². The molecule has 1 aromatic rings. The van der Waals surface area contributed by atoms with Crippen molar-refractivity contribution in [2.75, 3.05) is 33.2 Å². The smallest absolute Gasteiger partial charge is 0.127 e. The maximum Gasteiger partial charge on any atom is 0.127 e. The number of likely N-dealkylation sites (N-methyl/N-ethyl adjacent to an activating group) is 1. The van der Waals surface area contributed by atoms with Gasteiger partial charge in [-0.15, -0.1) is 0 Å². The van der Waals surface area contributed by atoms with Crippen LogP contribution in [0.25, 0.3) is 0 Å². The van der Waals surface area contributed by atoms with Crippen LogP contribution in [0.2, 0.25) is 0 Å². The molecule has 0 aliphatic carbocycles. The first-order valence-corrected chi connectivity index (χ1v) is 8.02. The number of aldehydes is 1. The van der Waals surface area contributed by atoms with Gasteiger partial charge in [0.1, 0.15) is 6.29 Å². The van der Waals surface area contributed by atoms with Gasteiger partial charge in [0, 0.05) is 37.6 Å². The molecule has 0 saturated carbocycles. The van der Waals surface area contributed by atoms with E-state index in [1.807, 2.05) is 0 Å². The second-order valence-corrected chi connectivity index (χ2v) is 6.68. The lowest BCUT2D eigenvalue weighted by atomic mass is 9.85. The summed E-state index contributed by atoms with van der Waals surface area (Å²) in [7, 11) is 2.18. The number of benzene rings is 1. The van der Waals surface area contributed by atoms with Crippen LogP contribution in [0.1, 0.15) is 38.3 Å². The fourth-order valence-corrected chi connectivity index (χ4v) is 3.35. The Morgan fingerprint density at radius 2 is 2.00 bits per heavy atom. The first-order valence-electron chi connectivity index (χ1n) is 8.02. The van der Waals surface area contributed by atoms with Crippen LogP contribution in [-0.2, 0) is 4.79 Å². The second-order valence-electron chi connectivity index (χ2n) is 6.68. The molecule has 2 unspecified atom stereocenters. The van der Waals surface area contributed by atoms with Crippen molar-refractivity contribution in [2.24, 2.45) is 5.41 Å². The molecule has 1 aliphatic rings. The van der Waals surface area contributed by atoms with Gasteiger partial charge in [-0.05, 0) is 19.0 Å². The Balaban J connectivity index is 2.17. The SMILES string of the molecule is CCCC(C)(C=O)CN1CCN(C)CC1c1ccccc1. The van der Waals surface area contributed by atoms with Crippen molar-refractivity contribution < 1.29 is 4.79 Å². The summed E-state index contributed by atoms with van der Waals surface area (Å²) in [4.78, 5) is 16.4. The molecule has 0 bridgehead atoms. The molecule has 0 radical (unpaired) electrons. The highest BCUT2D eigenvalue weighted by Gasteiger charge is 2.32. The Labute approximate surface area is 128 Å². The minimum Gasteiger partial charge on any atom is -0.303 e. The van der Waals surface area contributed by atoms with E-state index in [1.165, 1.54) is 5.56 Å². The largest absolute Gasteiger partial charge is 0.303 e. The molecule has 2 atom stereocenters. The van der Waals surface area contributed by atoms with E-state index in [2.05, 4.69) is 61.0 Å². The van der Waals surface area contributed by atoms with Gasteiger partial charge < -0.3 is 9.69 Å². The summed E-state index contributed by atoms with van der Waals surface area (Å²) in [5.41, 5.74) is 1.13.